The smallest absolute Gasteiger partial charge is 0.252 e. The van der Waals surface area contributed by atoms with Crippen molar-refractivity contribution < 1.29 is 4.79 Å². The van der Waals surface area contributed by atoms with E-state index in [0.29, 0.717) is 12.1 Å². The molecule has 0 spiro atoms. The summed E-state index contributed by atoms with van der Waals surface area (Å²) in [5.74, 6) is -0.0768. The van der Waals surface area contributed by atoms with Gasteiger partial charge in [-0.05, 0) is 37.5 Å². The summed E-state index contributed by atoms with van der Waals surface area (Å²) in [5.41, 5.74) is 2.89. The van der Waals surface area contributed by atoms with Gasteiger partial charge in [0.1, 0.15) is 0 Å². The number of rotatable bonds is 5. The molecule has 0 saturated carbocycles. The van der Waals surface area contributed by atoms with Crippen molar-refractivity contribution >= 4 is 5.91 Å². The van der Waals surface area contributed by atoms with Crippen LogP contribution in [0, 0.1) is 6.92 Å². The zero-order valence-corrected chi connectivity index (χ0v) is 10.3. The molecule has 94 valence electrons. The summed E-state index contributed by atoms with van der Waals surface area (Å²) in [7, 11) is 0. The van der Waals surface area contributed by atoms with E-state index in [1.165, 1.54) is 5.56 Å². The first-order valence-corrected chi connectivity index (χ1v) is 5.94. The molecule has 0 atom stereocenters. The number of hydrogen-bond acceptors (Lipinski definition) is 3. The van der Waals surface area contributed by atoms with Gasteiger partial charge in [0.05, 0.1) is 11.8 Å². The number of aromatic nitrogens is 3. The first-order valence-electron chi connectivity index (χ1n) is 5.94. The predicted molar refractivity (Wildman–Crippen MR) is 68.2 cm³/mol. The third-order valence-corrected chi connectivity index (χ3v) is 2.77. The highest BCUT2D eigenvalue weighted by molar-refractivity contribution is 5.93. The molecule has 2 aromatic rings. The molecule has 2 rings (SSSR count). The van der Waals surface area contributed by atoms with Crippen LogP contribution >= 0.6 is 0 Å². The zero-order chi connectivity index (χ0) is 12.8. The van der Waals surface area contributed by atoms with Crippen molar-refractivity contribution in [2.75, 3.05) is 6.54 Å². The molecular formula is C13H16N4O. The van der Waals surface area contributed by atoms with Crippen LogP contribution in [0.4, 0.5) is 0 Å². The van der Waals surface area contributed by atoms with E-state index >= 15 is 0 Å². The third-order valence-electron chi connectivity index (χ3n) is 2.77. The lowest BCUT2D eigenvalue weighted by atomic mass is 10.1. The van der Waals surface area contributed by atoms with Crippen LogP contribution in [0.5, 0.6) is 0 Å². The minimum absolute atomic E-state index is 0.0768. The van der Waals surface area contributed by atoms with Gasteiger partial charge in [-0.3, -0.25) is 14.9 Å². The molecule has 2 heterocycles. The van der Waals surface area contributed by atoms with E-state index in [1.807, 2.05) is 13.1 Å². The Balaban J connectivity index is 1.73. The fourth-order valence-corrected chi connectivity index (χ4v) is 1.71. The molecular weight excluding hydrogens is 228 g/mol. The monoisotopic (exact) mass is 244 g/mol. The Morgan fingerprint density at radius 3 is 3.00 bits per heavy atom. The Morgan fingerprint density at radius 1 is 1.44 bits per heavy atom. The lowest BCUT2D eigenvalue weighted by Gasteiger charge is -2.04. The largest absolute Gasteiger partial charge is 0.352 e. The maximum Gasteiger partial charge on any atom is 0.252 e. The molecule has 2 aromatic heterocycles. The second-order valence-corrected chi connectivity index (χ2v) is 4.12. The van der Waals surface area contributed by atoms with Crippen LogP contribution in [0.2, 0.25) is 0 Å². The Hall–Kier alpha value is -2.17. The lowest BCUT2D eigenvalue weighted by molar-refractivity contribution is 0.0953. The fourth-order valence-electron chi connectivity index (χ4n) is 1.71. The summed E-state index contributed by atoms with van der Waals surface area (Å²) in [6.07, 6.45) is 6.86. The fraction of sp³-hybridized carbons (Fsp3) is 0.308. The zero-order valence-electron chi connectivity index (χ0n) is 10.3. The molecule has 5 heteroatoms. The molecule has 2 N–H and O–H groups in total. The highest BCUT2D eigenvalue weighted by Gasteiger charge is 2.04. The maximum atomic E-state index is 11.7. The Kier molecular flexibility index (Phi) is 4.06. The highest BCUT2D eigenvalue weighted by atomic mass is 16.1. The van der Waals surface area contributed by atoms with Gasteiger partial charge in [-0.1, -0.05) is 0 Å². The summed E-state index contributed by atoms with van der Waals surface area (Å²) in [5, 5.41) is 9.73. The van der Waals surface area contributed by atoms with Crippen molar-refractivity contribution in [3.05, 3.63) is 47.5 Å². The Bertz CT molecular complexity index is 507. The van der Waals surface area contributed by atoms with Gasteiger partial charge in [-0.2, -0.15) is 5.10 Å². The first-order chi connectivity index (χ1) is 8.77. The van der Waals surface area contributed by atoms with Crippen LogP contribution in [-0.4, -0.2) is 27.6 Å². The van der Waals surface area contributed by atoms with Crippen LogP contribution in [0.15, 0.2) is 30.7 Å². The molecule has 1 amide bonds. The van der Waals surface area contributed by atoms with E-state index in [2.05, 4.69) is 20.5 Å². The Morgan fingerprint density at radius 2 is 2.33 bits per heavy atom. The number of H-pyrrole nitrogens is 1. The standard InChI is InChI=1S/C13H16N4O/c1-10-11(9-16-17-10)4-3-7-15-13(18)12-5-2-6-14-8-12/h2,5-6,8-9H,3-4,7H2,1H3,(H,15,18)(H,16,17). The SMILES string of the molecule is Cc1[nH]ncc1CCCNC(=O)c1cccnc1. The topological polar surface area (TPSA) is 70.7 Å². The van der Waals surface area contributed by atoms with Crippen molar-refractivity contribution in [3.63, 3.8) is 0 Å². The molecule has 0 fully saturated rings. The molecule has 18 heavy (non-hydrogen) atoms. The van der Waals surface area contributed by atoms with Gasteiger partial charge >= 0.3 is 0 Å². The quantitative estimate of drug-likeness (QED) is 0.782. The molecule has 5 nitrogen and oxygen atoms in total. The van der Waals surface area contributed by atoms with Crippen LogP contribution in [0.25, 0.3) is 0 Å². The normalized spacial score (nSPS) is 10.3. The summed E-state index contributed by atoms with van der Waals surface area (Å²) < 4.78 is 0. The minimum Gasteiger partial charge on any atom is -0.352 e. The molecule has 0 bridgehead atoms. The van der Waals surface area contributed by atoms with Crippen LogP contribution < -0.4 is 5.32 Å². The van der Waals surface area contributed by atoms with Gasteiger partial charge in [0, 0.05) is 24.6 Å². The van der Waals surface area contributed by atoms with Crippen molar-refractivity contribution in [1.82, 2.24) is 20.5 Å². The maximum absolute atomic E-state index is 11.7. The van der Waals surface area contributed by atoms with E-state index in [1.54, 1.807) is 24.5 Å². The molecule has 0 aliphatic rings. The molecule has 0 radical (unpaired) electrons. The van der Waals surface area contributed by atoms with E-state index in [9.17, 15) is 4.79 Å². The van der Waals surface area contributed by atoms with Gasteiger partial charge < -0.3 is 5.32 Å². The number of nitrogens with zero attached hydrogens (tertiary/aromatic N) is 2. The number of aryl methyl sites for hydroxylation is 2. The number of carbonyl (C=O) groups is 1. The van der Waals surface area contributed by atoms with Crippen molar-refractivity contribution in [1.29, 1.82) is 0 Å². The molecule has 0 aliphatic heterocycles. The second-order valence-electron chi connectivity index (χ2n) is 4.12. The number of amides is 1. The molecule has 0 aromatic carbocycles. The van der Waals surface area contributed by atoms with Crippen molar-refractivity contribution in [2.24, 2.45) is 0 Å². The van der Waals surface area contributed by atoms with E-state index in [4.69, 9.17) is 0 Å². The third kappa shape index (κ3) is 3.16. The number of hydrogen-bond donors (Lipinski definition) is 2. The number of carbonyl (C=O) groups excluding carboxylic acids is 1. The van der Waals surface area contributed by atoms with E-state index in [-0.39, 0.29) is 5.91 Å². The minimum atomic E-state index is -0.0768. The average Bonchev–Trinajstić information content (AvgIpc) is 2.81. The molecule has 0 aliphatic carbocycles. The van der Waals surface area contributed by atoms with Crippen molar-refractivity contribution in [2.45, 2.75) is 19.8 Å². The number of nitrogens with one attached hydrogen (secondary N) is 2. The van der Waals surface area contributed by atoms with Gasteiger partial charge in [-0.25, -0.2) is 0 Å². The summed E-state index contributed by atoms with van der Waals surface area (Å²) in [6, 6.07) is 3.51. The molecule has 0 unspecified atom stereocenters. The van der Waals surface area contributed by atoms with E-state index in [0.717, 1.165) is 18.5 Å². The van der Waals surface area contributed by atoms with Gasteiger partial charge in [-0.15, -0.1) is 0 Å². The Labute approximate surface area is 106 Å². The van der Waals surface area contributed by atoms with Crippen LogP contribution in [-0.2, 0) is 6.42 Å². The highest BCUT2D eigenvalue weighted by Crippen LogP contribution is 2.05. The lowest BCUT2D eigenvalue weighted by Crippen LogP contribution is -2.24. The summed E-state index contributed by atoms with van der Waals surface area (Å²) >= 11 is 0. The van der Waals surface area contributed by atoms with Gasteiger partial charge in [0.2, 0.25) is 0 Å². The van der Waals surface area contributed by atoms with Gasteiger partial charge in [0.15, 0.2) is 0 Å². The summed E-state index contributed by atoms with van der Waals surface area (Å²) in [4.78, 5) is 15.6. The number of aromatic amines is 1. The molecule has 0 saturated heterocycles. The van der Waals surface area contributed by atoms with Crippen molar-refractivity contribution in [3.8, 4) is 0 Å². The van der Waals surface area contributed by atoms with Crippen LogP contribution in [0.1, 0.15) is 28.0 Å². The first kappa shape index (κ1) is 12.3. The van der Waals surface area contributed by atoms with Crippen LogP contribution in [0.3, 0.4) is 0 Å². The average molecular weight is 244 g/mol. The number of pyridine rings is 1. The second kappa shape index (κ2) is 5.95. The summed E-state index contributed by atoms with van der Waals surface area (Å²) in [6.45, 7) is 2.65. The van der Waals surface area contributed by atoms with Gasteiger partial charge in [0.25, 0.3) is 5.91 Å². The van der Waals surface area contributed by atoms with E-state index < -0.39 is 0 Å². The predicted octanol–water partition coefficient (Wildman–Crippen LogP) is 1.48.